The lowest BCUT2D eigenvalue weighted by Crippen LogP contribution is -2.15. The number of nitrogens with zero attached hydrogens (tertiary/aromatic N) is 1. The van der Waals surface area contributed by atoms with Crippen LogP contribution in [0.5, 0.6) is 0 Å². The van der Waals surface area contributed by atoms with E-state index < -0.39 is 0 Å². The van der Waals surface area contributed by atoms with Crippen LogP contribution in [-0.4, -0.2) is 4.98 Å². The molecule has 2 nitrogen and oxygen atoms in total. The Morgan fingerprint density at radius 3 is 2.56 bits per heavy atom. The van der Waals surface area contributed by atoms with E-state index in [2.05, 4.69) is 48.8 Å². The monoisotopic (exact) mass is 324 g/mol. The lowest BCUT2D eigenvalue weighted by Gasteiger charge is -2.16. The predicted octanol–water partition coefficient (Wildman–Crippen LogP) is 4.33. The van der Waals surface area contributed by atoms with Crippen molar-refractivity contribution in [3.8, 4) is 10.6 Å². The van der Waals surface area contributed by atoms with E-state index in [1.165, 1.54) is 4.88 Å². The average Bonchev–Trinajstić information content (AvgIpc) is 2.72. The van der Waals surface area contributed by atoms with Crippen molar-refractivity contribution in [2.45, 2.75) is 32.7 Å². The summed E-state index contributed by atoms with van der Waals surface area (Å²) in [6, 6.07) is 8.22. The number of hydrogen-bond acceptors (Lipinski definition) is 3. The zero-order valence-corrected chi connectivity index (χ0v) is 13.2. The summed E-state index contributed by atoms with van der Waals surface area (Å²) < 4.78 is 1.07. The molecule has 0 aliphatic rings. The quantitative estimate of drug-likeness (QED) is 0.892. The predicted molar refractivity (Wildman–Crippen MR) is 81.8 cm³/mol. The minimum absolute atomic E-state index is 0.0372. The standard InChI is InChI=1S/C14H17BrN2S/c1-14(2,3)12-11(8-16)18-13(17-12)9-5-4-6-10(15)7-9/h4-7H,8,16H2,1-3H3. The number of hydrogen-bond donors (Lipinski definition) is 1. The highest BCUT2D eigenvalue weighted by atomic mass is 79.9. The summed E-state index contributed by atoms with van der Waals surface area (Å²) in [6.07, 6.45) is 0. The molecule has 2 rings (SSSR count). The largest absolute Gasteiger partial charge is 0.326 e. The molecule has 0 spiro atoms. The van der Waals surface area contributed by atoms with Gasteiger partial charge in [0.1, 0.15) is 5.01 Å². The Kier molecular flexibility index (Phi) is 3.90. The smallest absolute Gasteiger partial charge is 0.123 e. The fourth-order valence-electron chi connectivity index (χ4n) is 1.82. The molecule has 96 valence electrons. The maximum atomic E-state index is 5.83. The molecule has 2 aromatic rings. The van der Waals surface area contributed by atoms with E-state index in [0.717, 1.165) is 20.7 Å². The molecule has 2 N–H and O–H groups in total. The van der Waals surface area contributed by atoms with Crippen LogP contribution in [0.2, 0.25) is 0 Å². The Balaban J connectivity index is 2.51. The molecule has 0 saturated heterocycles. The third-order valence-corrected chi connectivity index (χ3v) is 4.28. The van der Waals surface area contributed by atoms with Gasteiger partial charge in [0.15, 0.2) is 0 Å². The Morgan fingerprint density at radius 1 is 1.33 bits per heavy atom. The normalized spacial score (nSPS) is 11.8. The lowest BCUT2D eigenvalue weighted by atomic mass is 9.91. The number of nitrogens with two attached hydrogens (primary N) is 1. The van der Waals surface area contributed by atoms with Crippen LogP contribution in [-0.2, 0) is 12.0 Å². The van der Waals surface area contributed by atoms with Gasteiger partial charge in [-0.05, 0) is 12.1 Å². The highest BCUT2D eigenvalue weighted by Gasteiger charge is 2.22. The maximum Gasteiger partial charge on any atom is 0.123 e. The van der Waals surface area contributed by atoms with E-state index in [1.807, 2.05) is 12.1 Å². The Hall–Kier alpha value is -0.710. The lowest BCUT2D eigenvalue weighted by molar-refractivity contribution is 0.567. The number of thiazole rings is 1. The fourth-order valence-corrected chi connectivity index (χ4v) is 3.37. The number of aromatic nitrogens is 1. The Labute approximate surface area is 120 Å². The van der Waals surface area contributed by atoms with Crippen LogP contribution in [0.15, 0.2) is 28.7 Å². The van der Waals surface area contributed by atoms with Gasteiger partial charge in [0.25, 0.3) is 0 Å². The summed E-state index contributed by atoms with van der Waals surface area (Å²) >= 11 is 5.18. The van der Waals surface area contributed by atoms with Crippen LogP contribution >= 0.6 is 27.3 Å². The molecule has 0 aliphatic carbocycles. The second kappa shape index (κ2) is 5.11. The van der Waals surface area contributed by atoms with Gasteiger partial charge in [-0.1, -0.05) is 48.8 Å². The Morgan fingerprint density at radius 2 is 2.06 bits per heavy atom. The van der Waals surface area contributed by atoms with Crippen molar-refractivity contribution < 1.29 is 0 Å². The number of halogens is 1. The van der Waals surface area contributed by atoms with Gasteiger partial charge in [-0.3, -0.25) is 0 Å². The van der Waals surface area contributed by atoms with Crippen molar-refractivity contribution in [1.29, 1.82) is 0 Å². The zero-order chi connectivity index (χ0) is 13.3. The van der Waals surface area contributed by atoms with E-state index in [4.69, 9.17) is 10.7 Å². The van der Waals surface area contributed by atoms with E-state index in [0.29, 0.717) is 6.54 Å². The first kappa shape index (κ1) is 13.7. The zero-order valence-electron chi connectivity index (χ0n) is 10.8. The summed E-state index contributed by atoms with van der Waals surface area (Å²) in [4.78, 5) is 5.96. The van der Waals surface area contributed by atoms with Crippen LogP contribution in [0.25, 0.3) is 10.6 Å². The van der Waals surface area contributed by atoms with Crippen LogP contribution in [0.3, 0.4) is 0 Å². The summed E-state index contributed by atoms with van der Waals surface area (Å²) in [5.41, 5.74) is 8.12. The minimum atomic E-state index is 0.0372. The van der Waals surface area contributed by atoms with E-state index in [9.17, 15) is 0 Å². The van der Waals surface area contributed by atoms with E-state index in [1.54, 1.807) is 11.3 Å². The van der Waals surface area contributed by atoms with Crippen molar-refractivity contribution in [1.82, 2.24) is 4.98 Å². The van der Waals surface area contributed by atoms with Gasteiger partial charge in [-0.15, -0.1) is 11.3 Å². The third-order valence-electron chi connectivity index (χ3n) is 2.66. The molecule has 0 aliphatic heterocycles. The van der Waals surface area contributed by atoms with Crippen molar-refractivity contribution in [3.63, 3.8) is 0 Å². The average molecular weight is 325 g/mol. The molecule has 4 heteroatoms. The molecule has 0 atom stereocenters. The van der Waals surface area contributed by atoms with Crippen molar-refractivity contribution >= 4 is 27.3 Å². The molecule has 0 bridgehead atoms. The molecular weight excluding hydrogens is 308 g/mol. The van der Waals surface area contributed by atoms with Crippen LogP contribution in [0.4, 0.5) is 0 Å². The first-order valence-electron chi connectivity index (χ1n) is 5.88. The van der Waals surface area contributed by atoms with Gasteiger partial charge in [-0.2, -0.15) is 0 Å². The van der Waals surface area contributed by atoms with Gasteiger partial charge in [0, 0.05) is 26.9 Å². The summed E-state index contributed by atoms with van der Waals surface area (Å²) in [5.74, 6) is 0. The molecule has 0 radical (unpaired) electrons. The summed E-state index contributed by atoms with van der Waals surface area (Å²) in [7, 11) is 0. The molecule has 18 heavy (non-hydrogen) atoms. The fraction of sp³-hybridized carbons (Fsp3) is 0.357. The van der Waals surface area contributed by atoms with Gasteiger partial charge in [0.05, 0.1) is 5.69 Å². The van der Waals surface area contributed by atoms with Crippen molar-refractivity contribution in [3.05, 3.63) is 39.3 Å². The van der Waals surface area contributed by atoms with Gasteiger partial charge >= 0.3 is 0 Å². The van der Waals surface area contributed by atoms with Crippen LogP contribution in [0.1, 0.15) is 31.3 Å². The molecular formula is C14H17BrN2S. The molecule has 1 heterocycles. The van der Waals surface area contributed by atoms with Gasteiger partial charge in [-0.25, -0.2) is 4.98 Å². The molecule has 0 saturated carbocycles. The number of rotatable bonds is 2. The van der Waals surface area contributed by atoms with Crippen molar-refractivity contribution in [2.24, 2.45) is 5.73 Å². The second-order valence-corrected chi connectivity index (χ2v) is 7.25. The molecule has 0 amide bonds. The second-order valence-electron chi connectivity index (χ2n) is 5.26. The molecule has 0 unspecified atom stereocenters. The van der Waals surface area contributed by atoms with Crippen LogP contribution in [0, 0.1) is 0 Å². The third kappa shape index (κ3) is 2.82. The van der Waals surface area contributed by atoms with Gasteiger partial charge < -0.3 is 5.73 Å². The molecule has 1 aromatic heterocycles. The van der Waals surface area contributed by atoms with E-state index in [-0.39, 0.29) is 5.41 Å². The highest BCUT2D eigenvalue weighted by Crippen LogP contribution is 2.34. The van der Waals surface area contributed by atoms with Gasteiger partial charge in [0.2, 0.25) is 0 Å². The van der Waals surface area contributed by atoms with Crippen molar-refractivity contribution in [2.75, 3.05) is 0 Å². The summed E-state index contributed by atoms with van der Waals surface area (Å²) in [6.45, 7) is 7.07. The first-order valence-corrected chi connectivity index (χ1v) is 7.49. The highest BCUT2D eigenvalue weighted by molar-refractivity contribution is 9.10. The maximum absolute atomic E-state index is 5.83. The van der Waals surface area contributed by atoms with Crippen LogP contribution < -0.4 is 5.73 Å². The first-order chi connectivity index (χ1) is 8.41. The molecule has 0 fully saturated rings. The number of benzene rings is 1. The minimum Gasteiger partial charge on any atom is -0.326 e. The van der Waals surface area contributed by atoms with E-state index >= 15 is 0 Å². The topological polar surface area (TPSA) is 38.9 Å². The molecule has 1 aromatic carbocycles. The Bertz CT molecular complexity index is 555. The summed E-state index contributed by atoms with van der Waals surface area (Å²) in [5, 5.41) is 1.04. The SMILES string of the molecule is CC(C)(C)c1nc(-c2cccc(Br)c2)sc1CN.